The van der Waals surface area contributed by atoms with E-state index in [1.54, 1.807) is 31.2 Å². The molecule has 1 N–H and O–H groups in total. The number of likely N-dealkylation sites (N-methyl/N-ethyl adjacent to an activating group) is 1. The van der Waals surface area contributed by atoms with Gasteiger partial charge in [-0.1, -0.05) is 12.1 Å². The summed E-state index contributed by atoms with van der Waals surface area (Å²) in [4.78, 5) is 36.4. The van der Waals surface area contributed by atoms with Crippen molar-refractivity contribution in [3.8, 4) is 5.75 Å². The summed E-state index contributed by atoms with van der Waals surface area (Å²) in [5, 5.41) is 13.6. The highest BCUT2D eigenvalue weighted by Crippen LogP contribution is 2.17. The van der Waals surface area contributed by atoms with Crippen LogP contribution in [0, 0.1) is 10.1 Å². The second-order valence-corrected chi connectivity index (χ2v) is 5.41. The first kappa shape index (κ1) is 18.9. The number of methoxy groups -OCH3 is 1. The summed E-state index contributed by atoms with van der Waals surface area (Å²) >= 11 is 0. The predicted octanol–water partition coefficient (Wildman–Crippen LogP) is 2.70. The summed E-state index contributed by atoms with van der Waals surface area (Å²) in [6.45, 7) is 1.84. The summed E-state index contributed by atoms with van der Waals surface area (Å²) in [6.07, 6.45) is 0. The van der Waals surface area contributed by atoms with E-state index in [0.29, 0.717) is 11.4 Å². The maximum absolute atomic E-state index is 12.5. The van der Waals surface area contributed by atoms with Crippen LogP contribution in [-0.2, 0) is 4.79 Å². The number of anilines is 1. The van der Waals surface area contributed by atoms with Crippen molar-refractivity contribution in [1.29, 1.82) is 0 Å². The second kappa shape index (κ2) is 8.61. The monoisotopic (exact) mass is 357 g/mol. The van der Waals surface area contributed by atoms with Crippen molar-refractivity contribution >= 4 is 23.2 Å². The molecule has 0 atom stereocenters. The summed E-state index contributed by atoms with van der Waals surface area (Å²) in [6, 6.07) is 12.3. The molecule has 2 rings (SSSR count). The van der Waals surface area contributed by atoms with E-state index in [2.05, 4.69) is 5.32 Å². The highest BCUT2D eigenvalue weighted by Gasteiger charge is 2.19. The molecule has 8 heteroatoms. The molecule has 0 aliphatic rings. The molecule has 0 aliphatic heterocycles. The number of nitrogens with zero attached hydrogens (tertiary/aromatic N) is 2. The number of amides is 2. The maximum atomic E-state index is 12.5. The number of nitro benzene ring substituents is 1. The quantitative estimate of drug-likeness (QED) is 0.606. The summed E-state index contributed by atoms with van der Waals surface area (Å²) in [5.74, 6) is -0.223. The molecule has 2 amide bonds. The van der Waals surface area contributed by atoms with Gasteiger partial charge in [0.25, 0.3) is 11.6 Å². The third-order valence-electron chi connectivity index (χ3n) is 3.66. The third-order valence-corrected chi connectivity index (χ3v) is 3.66. The molecule has 2 aromatic rings. The maximum Gasteiger partial charge on any atom is 0.270 e. The number of ether oxygens (including phenoxy) is 1. The van der Waals surface area contributed by atoms with Gasteiger partial charge in [0.15, 0.2) is 0 Å². The van der Waals surface area contributed by atoms with Crippen molar-refractivity contribution in [1.82, 2.24) is 4.90 Å². The van der Waals surface area contributed by atoms with Crippen molar-refractivity contribution in [2.45, 2.75) is 6.92 Å². The molecule has 2 aromatic carbocycles. The van der Waals surface area contributed by atoms with E-state index in [-0.39, 0.29) is 30.2 Å². The van der Waals surface area contributed by atoms with Gasteiger partial charge in [-0.15, -0.1) is 0 Å². The number of non-ortho nitro benzene ring substituents is 1. The topological polar surface area (TPSA) is 102 Å². The Hall–Kier alpha value is -3.42. The number of nitro groups is 1. The normalized spacial score (nSPS) is 10.1. The molecular weight excluding hydrogens is 338 g/mol. The van der Waals surface area contributed by atoms with Crippen molar-refractivity contribution in [2.75, 3.05) is 25.5 Å². The highest BCUT2D eigenvalue weighted by molar-refractivity contribution is 5.99. The second-order valence-electron chi connectivity index (χ2n) is 5.41. The van der Waals surface area contributed by atoms with Crippen LogP contribution in [-0.4, -0.2) is 41.8 Å². The molecular formula is C18H19N3O5. The smallest absolute Gasteiger partial charge is 0.270 e. The van der Waals surface area contributed by atoms with Crippen LogP contribution in [0.1, 0.15) is 17.3 Å². The zero-order valence-corrected chi connectivity index (χ0v) is 14.5. The Morgan fingerprint density at radius 3 is 2.58 bits per heavy atom. The number of hydrogen-bond donors (Lipinski definition) is 1. The Morgan fingerprint density at radius 1 is 1.19 bits per heavy atom. The number of nitrogens with one attached hydrogen (secondary N) is 1. The van der Waals surface area contributed by atoms with Crippen LogP contribution in [0.5, 0.6) is 5.75 Å². The number of carbonyl (C=O) groups excluding carboxylic acids is 2. The standard InChI is InChI=1S/C18H19N3O5/c1-3-20(18(23)13-6-4-8-15(10-13)21(24)25)12-17(22)19-14-7-5-9-16(11-14)26-2/h4-11H,3,12H2,1-2H3,(H,19,22). The van der Waals surface area contributed by atoms with E-state index in [1.165, 1.54) is 36.3 Å². The molecule has 0 bridgehead atoms. The Balaban J connectivity index is 2.07. The molecule has 0 aliphatic carbocycles. The third kappa shape index (κ3) is 4.79. The van der Waals surface area contributed by atoms with Crippen LogP contribution in [0.15, 0.2) is 48.5 Å². The van der Waals surface area contributed by atoms with Crippen LogP contribution in [0.25, 0.3) is 0 Å². The highest BCUT2D eigenvalue weighted by atomic mass is 16.6. The fourth-order valence-corrected chi connectivity index (χ4v) is 2.34. The number of rotatable bonds is 7. The lowest BCUT2D eigenvalue weighted by atomic mass is 10.1. The Morgan fingerprint density at radius 2 is 1.92 bits per heavy atom. The Bertz CT molecular complexity index is 822. The molecule has 136 valence electrons. The molecule has 0 spiro atoms. The van der Waals surface area contributed by atoms with Crippen LogP contribution in [0.4, 0.5) is 11.4 Å². The minimum absolute atomic E-state index is 0.162. The van der Waals surface area contributed by atoms with Gasteiger partial charge in [0, 0.05) is 36.0 Å². The molecule has 0 aromatic heterocycles. The van der Waals surface area contributed by atoms with E-state index < -0.39 is 10.8 Å². The van der Waals surface area contributed by atoms with E-state index in [9.17, 15) is 19.7 Å². The Kier molecular flexibility index (Phi) is 6.26. The minimum Gasteiger partial charge on any atom is -0.497 e. The largest absolute Gasteiger partial charge is 0.497 e. The van der Waals surface area contributed by atoms with Crippen LogP contribution >= 0.6 is 0 Å². The van der Waals surface area contributed by atoms with Crippen LogP contribution in [0.3, 0.4) is 0 Å². The van der Waals surface area contributed by atoms with Gasteiger partial charge in [0.1, 0.15) is 12.3 Å². The van der Waals surface area contributed by atoms with Crippen LogP contribution in [0.2, 0.25) is 0 Å². The molecule has 8 nitrogen and oxygen atoms in total. The lowest BCUT2D eigenvalue weighted by Crippen LogP contribution is -2.37. The SMILES string of the molecule is CCN(CC(=O)Nc1cccc(OC)c1)C(=O)c1cccc([N+](=O)[O-])c1. The molecule has 0 radical (unpaired) electrons. The van der Waals surface area contributed by atoms with Gasteiger partial charge in [-0.2, -0.15) is 0 Å². The van der Waals surface area contributed by atoms with Gasteiger partial charge in [-0.05, 0) is 25.1 Å². The summed E-state index contributed by atoms with van der Waals surface area (Å²) < 4.78 is 5.09. The van der Waals surface area contributed by atoms with E-state index in [4.69, 9.17) is 4.74 Å². The minimum atomic E-state index is -0.567. The zero-order valence-electron chi connectivity index (χ0n) is 14.5. The average Bonchev–Trinajstić information content (AvgIpc) is 2.65. The first-order valence-electron chi connectivity index (χ1n) is 7.92. The molecule has 0 unspecified atom stereocenters. The summed E-state index contributed by atoms with van der Waals surface area (Å²) in [7, 11) is 1.53. The lowest BCUT2D eigenvalue weighted by Gasteiger charge is -2.20. The fourth-order valence-electron chi connectivity index (χ4n) is 2.34. The van der Waals surface area contributed by atoms with Gasteiger partial charge in [-0.25, -0.2) is 0 Å². The van der Waals surface area contributed by atoms with E-state index in [0.717, 1.165) is 0 Å². The number of benzene rings is 2. The number of carbonyl (C=O) groups is 2. The van der Waals surface area contributed by atoms with Crippen LogP contribution < -0.4 is 10.1 Å². The zero-order chi connectivity index (χ0) is 19.1. The molecule has 0 saturated carbocycles. The first-order valence-corrected chi connectivity index (χ1v) is 7.92. The van der Waals surface area contributed by atoms with Gasteiger partial charge in [-0.3, -0.25) is 19.7 Å². The van der Waals surface area contributed by atoms with E-state index >= 15 is 0 Å². The predicted molar refractivity (Wildman–Crippen MR) is 96.3 cm³/mol. The number of hydrogen-bond acceptors (Lipinski definition) is 5. The lowest BCUT2D eigenvalue weighted by molar-refractivity contribution is -0.384. The van der Waals surface area contributed by atoms with Crippen molar-refractivity contribution in [2.24, 2.45) is 0 Å². The molecule has 26 heavy (non-hydrogen) atoms. The van der Waals surface area contributed by atoms with Crippen molar-refractivity contribution in [3.63, 3.8) is 0 Å². The average molecular weight is 357 g/mol. The van der Waals surface area contributed by atoms with Gasteiger partial charge >= 0.3 is 0 Å². The van der Waals surface area contributed by atoms with Crippen molar-refractivity contribution in [3.05, 3.63) is 64.2 Å². The molecule has 0 heterocycles. The molecule has 0 saturated heterocycles. The Labute approximate surface area is 150 Å². The van der Waals surface area contributed by atoms with E-state index in [1.807, 2.05) is 0 Å². The van der Waals surface area contributed by atoms with Gasteiger partial charge in [0.05, 0.1) is 12.0 Å². The van der Waals surface area contributed by atoms with Gasteiger partial charge in [0.2, 0.25) is 5.91 Å². The fraction of sp³-hybridized carbons (Fsp3) is 0.222. The van der Waals surface area contributed by atoms with Crippen molar-refractivity contribution < 1.29 is 19.2 Å². The van der Waals surface area contributed by atoms with Gasteiger partial charge < -0.3 is 15.0 Å². The first-order chi connectivity index (χ1) is 12.4. The summed E-state index contributed by atoms with van der Waals surface area (Å²) in [5.41, 5.74) is 0.538. The molecule has 0 fully saturated rings.